The minimum Gasteiger partial charge on any atom is -0.485 e. The Hall–Kier alpha value is -1.59. The van der Waals surface area contributed by atoms with Crippen LogP contribution in [-0.4, -0.2) is 18.2 Å². The molecule has 0 N–H and O–H groups in total. The van der Waals surface area contributed by atoms with Crippen molar-refractivity contribution in [3.63, 3.8) is 0 Å². The monoisotopic (exact) mass is 234 g/mol. The normalized spacial score (nSPS) is 11.6. The summed E-state index contributed by atoms with van der Waals surface area (Å²) in [7, 11) is 0. The molecule has 0 aliphatic carbocycles. The predicted octanol–water partition coefficient (Wildman–Crippen LogP) is 1.96. The van der Waals surface area contributed by atoms with Crippen LogP contribution in [0.2, 0.25) is 0 Å². The first-order valence-corrected chi connectivity index (χ1v) is 4.60. The summed E-state index contributed by atoms with van der Waals surface area (Å²) >= 11 is 0. The van der Waals surface area contributed by atoms with E-state index in [0.717, 1.165) is 12.4 Å². The van der Waals surface area contributed by atoms with E-state index in [1.807, 2.05) is 0 Å². The number of alkyl halides is 3. The Balaban J connectivity index is 2.95. The number of aromatic nitrogens is 1. The highest BCUT2D eigenvalue weighted by Gasteiger charge is 2.47. The van der Waals surface area contributed by atoms with Crippen LogP contribution in [0, 0.1) is 0 Å². The Bertz CT molecular complexity index is 388. The Morgan fingerprint density at radius 2 is 2.06 bits per heavy atom. The van der Waals surface area contributed by atoms with Crippen LogP contribution in [0.15, 0.2) is 24.5 Å². The van der Waals surface area contributed by atoms with Gasteiger partial charge in [-0.1, -0.05) is 0 Å². The van der Waals surface area contributed by atoms with Gasteiger partial charge in [-0.15, -0.1) is 4.57 Å². The van der Waals surface area contributed by atoms with Gasteiger partial charge in [0.05, 0.1) is 6.10 Å². The van der Waals surface area contributed by atoms with Crippen molar-refractivity contribution in [3.05, 3.63) is 24.5 Å². The maximum absolute atomic E-state index is 12.1. The molecule has 0 atom stereocenters. The van der Waals surface area contributed by atoms with Crippen molar-refractivity contribution in [2.24, 2.45) is 0 Å². The van der Waals surface area contributed by atoms with Crippen molar-refractivity contribution in [1.29, 1.82) is 0 Å². The summed E-state index contributed by atoms with van der Waals surface area (Å²) < 4.78 is 42.0. The predicted molar refractivity (Wildman–Crippen MR) is 49.1 cm³/mol. The first-order chi connectivity index (χ1) is 7.30. The van der Waals surface area contributed by atoms with Gasteiger partial charge in [0.25, 0.3) is 0 Å². The molecule has 16 heavy (non-hydrogen) atoms. The zero-order chi connectivity index (χ0) is 12.3. The summed E-state index contributed by atoms with van der Waals surface area (Å²) in [6.07, 6.45) is -3.02. The minimum absolute atomic E-state index is 0.170. The number of carbonyl (C=O) groups excluding carboxylic acids is 1. The molecule has 0 saturated heterocycles. The summed E-state index contributed by atoms with van der Waals surface area (Å²) in [4.78, 5) is 10.9. The number of nitrogens with zero attached hydrogens (tertiary/aromatic N) is 1. The van der Waals surface area contributed by atoms with Crippen LogP contribution in [0.5, 0.6) is 5.75 Å². The highest BCUT2D eigenvalue weighted by atomic mass is 19.4. The number of hydrogen-bond acceptors (Lipinski definition) is 2. The van der Waals surface area contributed by atoms with Crippen molar-refractivity contribution in [2.45, 2.75) is 26.1 Å². The van der Waals surface area contributed by atoms with E-state index in [4.69, 9.17) is 4.74 Å². The number of ether oxygens (including phenoxy) is 1. The third-order valence-corrected chi connectivity index (χ3v) is 1.62. The van der Waals surface area contributed by atoms with E-state index in [-0.39, 0.29) is 11.9 Å². The zero-order valence-electron chi connectivity index (χ0n) is 8.78. The Morgan fingerprint density at radius 1 is 1.44 bits per heavy atom. The maximum atomic E-state index is 12.1. The quantitative estimate of drug-likeness (QED) is 0.732. The van der Waals surface area contributed by atoms with Crippen LogP contribution in [0.1, 0.15) is 18.6 Å². The van der Waals surface area contributed by atoms with Crippen LogP contribution in [0.4, 0.5) is 13.2 Å². The maximum Gasteiger partial charge on any atom is 0.521 e. The molecule has 0 radical (unpaired) electrons. The molecule has 6 heteroatoms. The highest BCUT2D eigenvalue weighted by Crippen LogP contribution is 2.15. The molecule has 1 aromatic rings. The summed E-state index contributed by atoms with van der Waals surface area (Å²) in [5.74, 6) is -1.73. The van der Waals surface area contributed by atoms with Crippen molar-refractivity contribution in [3.8, 4) is 5.75 Å². The van der Waals surface area contributed by atoms with E-state index in [1.54, 1.807) is 13.8 Å². The molecule has 0 amide bonds. The van der Waals surface area contributed by atoms with E-state index in [2.05, 4.69) is 0 Å². The molecular weight excluding hydrogens is 223 g/mol. The Kier molecular flexibility index (Phi) is 3.51. The van der Waals surface area contributed by atoms with Gasteiger partial charge in [-0.25, -0.2) is 4.79 Å². The number of pyridine rings is 1. The summed E-state index contributed by atoms with van der Waals surface area (Å²) in [5.41, 5.74) is 0. The molecule has 0 saturated carbocycles. The second-order valence-electron chi connectivity index (χ2n) is 3.42. The lowest BCUT2D eigenvalue weighted by Crippen LogP contribution is -2.50. The van der Waals surface area contributed by atoms with Crippen LogP contribution >= 0.6 is 0 Å². The SMILES string of the molecule is CC(C)Oc1ccc[n+](C(=O)C(F)(F)F)c1. The van der Waals surface area contributed by atoms with E-state index in [9.17, 15) is 18.0 Å². The molecule has 1 heterocycles. The molecular formula is C10H11F3NO2+. The third-order valence-electron chi connectivity index (χ3n) is 1.62. The van der Waals surface area contributed by atoms with Gasteiger partial charge in [0.1, 0.15) is 0 Å². The first kappa shape index (κ1) is 12.5. The molecule has 0 spiro atoms. The molecule has 0 unspecified atom stereocenters. The summed E-state index contributed by atoms with van der Waals surface area (Å²) in [6, 6.07) is 2.81. The second kappa shape index (κ2) is 4.51. The molecule has 1 aromatic heterocycles. The second-order valence-corrected chi connectivity index (χ2v) is 3.42. The molecule has 88 valence electrons. The van der Waals surface area contributed by atoms with Crippen LogP contribution in [-0.2, 0) is 0 Å². The van der Waals surface area contributed by atoms with Crippen molar-refractivity contribution in [1.82, 2.24) is 0 Å². The largest absolute Gasteiger partial charge is 0.521 e. The van der Waals surface area contributed by atoms with Gasteiger partial charge in [0, 0.05) is 6.07 Å². The fourth-order valence-electron chi connectivity index (χ4n) is 1.07. The molecule has 0 aromatic carbocycles. The van der Waals surface area contributed by atoms with Crippen molar-refractivity contribution in [2.75, 3.05) is 0 Å². The molecule has 0 fully saturated rings. The van der Waals surface area contributed by atoms with E-state index in [1.165, 1.54) is 12.1 Å². The van der Waals surface area contributed by atoms with Gasteiger partial charge in [-0.3, -0.25) is 0 Å². The molecule has 1 rings (SSSR count). The smallest absolute Gasteiger partial charge is 0.485 e. The van der Waals surface area contributed by atoms with E-state index in [0.29, 0.717) is 4.57 Å². The van der Waals surface area contributed by atoms with Crippen LogP contribution < -0.4 is 9.30 Å². The third kappa shape index (κ3) is 3.22. The van der Waals surface area contributed by atoms with Gasteiger partial charge in [0.15, 0.2) is 11.9 Å². The minimum atomic E-state index is -4.89. The standard InChI is InChI=1S/C10H11F3NO2/c1-7(2)16-8-4-3-5-14(6-8)9(15)10(11,12)13/h3-7H,1-2H3/q+1. The Morgan fingerprint density at radius 3 is 2.56 bits per heavy atom. The van der Waals surface area contributed by atoms with E-state index >= 15 is 0 Å². The zero-order valence-corrected chi connectivity index (χ0v) is 8.78. The average molecular weight is 234 g/mol. The lowest BCUT2D eigenvalue weighted by atomic mass is 10.4. The Labute approximate surface area is 90.5 Å². The lowest BCUT2D eigenvalue weighted by Gasteiger charge is -2.07. The number of halogens is 3. The fraction of sp³-hybridized carbons (Fsp3) is 0.400. The van der Waals surface area contributed by atoms with Crippen molar-refractivity contribution < 1.29 is 27.3 Å². The number of hydrogen-bond donors (Lipinski definition) is 0. The van der Waals surface area contributed by atoms with Gasteiger partial charge in [-0.2, -0.15) is 13.2 Å². The number of carbonyl (C=O) groups is 1. The van der Waals surface area contributed by atoms with Gasteiger partial charge < -0.3 is 4.74 Å². The number of rotatable bonds is 2. The molecule has 0 bridgehead atoms. The molecule has 0 aliphatic heterocycles. The molecule has 0 aliphatic rings. The molecule has 3 nitrogen and oxygen atoms in total. The van der Waals surface area contributed by atoms with Crippen molar-refractivity contribution >= 4 is 5.91 Å². The summed E-state index contributed by atoms with van der Waals surface area (Å²) in [5, 5.41) is 0. The van der Waals surface area contributed by atoms with Crippen LogP contribution in [0.3, 0.4) is 0 Å². The highest BCUT2D eigenvalue weighted by molar-refractivity contribution is 5.73. The van der Waals surface area contributed by atoms with Gasteiger partial charge in [0.2, 0.25) is 6.20 Å². The fourth-order valence-corrected chi connectivity index (χ4v) is 1.07. The average Bonchev–Trinajstić information content (AvgIpc) is 2.14. The lowest BCUT2D eigenvalue weighted by molar-refractivity contribution is -0.586. The van der Waals surface area contributed by atoms with E-state index < -0.39 is 12.1 Å². The first-order valence-electron chi connectivity index (χ1n) is 4.60. The van der Waals surface area contributed by atoms with Gasteiger partial charge >= 0.3 is 12.1 Å². The van der Waals surface area contributed by atoms with Gasteiger partial charge in [-0.05, 0) is 19.9 Å². The topological polar surface area (TPSA) is 30.2 Å². The summed E-state index contributed by atoms with van der Waals surface area (Å²) in [6.45, 7) is 3.48. The van der Waals surface area contributed by atoms with Crippen LogP contribution in [0.25, 0.3) is 0 Å².